The number of benzene rings is 2. The second-order valence-electron chi connectivity index (χ2n) is 6.69. The molecule has 2 aromatic carbocycles. The number of nitrogens with one attached hydrogen (secondary N) is 1. The third-order valence-corrected chi connectivity index (χ3v) is 6.47. The van der Waals surface area contributed by atoms with Crippen molar-refractivity contribution in [1.29, 1.82) is 5.26 Å². The molecule has 10 heteroatoms. The number of anilines is 1. The minimum absolute atomic E-state index is 0.0473. The summed E-state index contributed by atoms with van der Waals surface area (Å²) in [5, 5.41) is 15.0. The lowest BCUT2D eigenvalue weighted by Gasteiger charge is -2.04. The molecule has 0 atom stereocenters. The Hall–Kier alpha value is -3.68. The fourth-order valence-electron chi connectivity index (χ4n) is 2.83. The Balaban J connectivity index is 1.80. The minimum atomic E-state index is -3.95. The third-order valence-electron chi connectivity index (χ3n) is 4.27. The van der Waals surface area contributed by atoms with E-state index in [2.05, 4.69) is 26.8 Å². The van der Waals surface area contributed by atoms with Gasteiger partial charge in [0.15, 0.2) is 0 Å². The zero-order valence-corrected chi connectivity index (χ0v) is 18.5. The number of guanidine groups is 1. The number of nitrogens with zero attached hydrogens (tertiary/aromatic N) is 3. The molecule has 1 aromatic heterocycles. The van der Waals surface area contributed by atoms with Gasteiger partial charge < -0.3 is 16.8 Å². The molecule has 0 aliphatic heterocycles. The summed E-state index contributed by atoms with van der Waals surface area (Å²) >= 11 is 1.38. The summed E-state index contributed by atoms with van der Waals surface area (Å²) in [4.78, 5) is 4.55. The molecule has 0 radical (unpaired) electrons. The van der Waals surface area contributed by atoms with Gasteiger partial charge in [0.1, 0.15) is 16.6 Å². The van der Waals surface area contributed by atoms with Gasteiger partial charge in [-0.05, 0) is 43.7 Å². The van der Waals surface area contributed by atoms with E-state index in [4.69, 9.17) is 11.5 Å². The Kier molecular flexibility index (Phi) is 6.39. The highest BCUT2D eigenvalue weighted by Crippen LogP contribution is 2.28. The zero-order chi connectivity index (χ0) is 22.6. The highest BCUT2D eigenvalue weighted by Gasteiger charge is 2.13. The first-order valence-corrected chi connectivity index (χ1v) is 11.4. The van der Waals surface area contributed by atoms with E-state index < -0.39 is 16.0 Å². The molecule has 5 N–H and O–H groups in total. The molecule has 31 heavy (non-hydrogen) atoms. The first-order valence-electron chi connectivity index (χ1n) is 9.06. The van der Waals surface area contributed by atoms with Crippen LogP contribution in [-0.4, -0.2) is 19.4 Å². The summed E-state index contributed by atoms with van der Waals surface area (Å²) in [7, 11) is -3.95. The van der Waals surface area contributed by atoms with E-state index in [1.807, 2.05) is 31.4 Å². The van der Waals surface area contributed by atoms with Crippen LogP contribution in [0.4, 0.5) is 5.69 Å². The van der Waals surface area contributed by atoms with Crippen molar-refractivity contribution in [2.75, 3.05) is 5.32 Å². The van der Waals surface area contributed by atoms with Gasteiger partial charge >= 0.3 is 0 Å². The first-order chi connectivity index (χ1) is 14.7. The number of nitrogens with two attached hydrogens (primary N) is 2. The van der Waals surface area contributed by atoms with E-state index in [9.17, 15) is 13.7 Å². The van der Waals surface area contributed by atoms with Crippen molar-refractivity contribution in [1.82, 2.24) is 4.98 Å². The van der Waals surface area contributed by atoms with Crippen LogP contribution >= 0.6 is 11.3 Å². The third kappa shape index (κ3) is 5.28. The summed E-state index contributed by atoms with van der Waals surface area (Å²) in [6.07, 6.45) is 1.53. The van der Waals surface area contributed by atoms with Crippen molar-refractivity contribution in [3.05, 3.63) is 70.2 Å². The van der Waals surface area contributed by atoms with Gasteiger partial charge in [0.05, 0.1) is 10.6 Å². The lowest BCUT2D eigenvalue weighted by atomic mass is 10.0. The Morgan fingerprint density at radius 1 is 1.19 bits per heavy atom. The predicted octanol–water partition coefficient (Wildman–Crippen LogP) is 3.37. The molecule has 0 aliphatic rings. The van der Waals surface area contributed by atoms with Gasteiger partial charge in [0, 0.05) is 22.8 Å². The number of rotatable bonds is 6. The van der Waals surface area contributed by atoms with Crippen molar-refractivity contribution >= 4 is 38.6 Å². The Labute approximate surface area is 184 Å². The van der Waals surface area contributed by atoms with Crippen LogP contribution in [0.15, 0.2) is 63.3 Å². The molecule has 8 nitrogen and oxygen atoms in total. The maximum Gasteiger partial charge on any atom is 0.285 e. The van der Waals surface area contributed by atoms with E-state index in [1.54, 1.807) is 12.1 Å². The van der Waals surface area contributed by atoms with Crippen LogP contribution in [0.2, 0.25) is 0 Å². The fraction of sp³-hybridized carbons (Fsp3) is 0.0952. The van der Waals surface area contributed by atoms with Crippen molar-refractivity contribution in [3.8, 4) is 17.3 Å². The van der Waals surface area contributed by atoms with Gasteiger partial charge in [-0.25, -0.2) is 4.98 Å². The number of thiazole rings is 1. The molecule has 0 bridgehead atoms. The fourth-order valence-corrected chi connectivity index (χ4v) is 4.48. The summed E-state index contributed by atoms with van der Waals surface area (Å²) in [5.41, 5.74) is 15.4. The van der Waals surface area contributed by atoms with Crippen LogP contribution in [0.25, 0.3) is 16.8 Å². The van der Waals surface area contributed by atoms with E-state index >= 15 is 0 Å². The van der Waals surface area contributed by atoms with Gasteiger partial charge in [0.25, 0.3) is 10.0 Å². The molecule has 0 amide bonds. The van der Waals surface area contributed by atoms with Crippen LogP contribution in [0.1, 0.15) is 16.1 Å². The average molecular weight is 453 g/mol. The van der Waals surface area contributed by atoms with E-state index in [1.165, 1.54) is 35.2 Å². The van der Waals surface area contributed by atoms with Crippen LogP contribution in [0.5, 0.6) is 0 Å². The number of nitriles is 1. The molecule has 0 saturated heterocycles. The summed E-state index contributed by atoms with van der Waals surface area (Å²) < 4.78 is 27.2. The number of allylic oxidation sites excluding steroid dienone is 1. The van der Waals surface area contributed by atoms with Crippen molar-refractivity contribution < 1.29 is 8.42 Å². The number of aromatic nitrogens is 1. The van der Waals surface area contributed by atoms with Gasteiger partial charge in [-0.15, -0.1) is 15.7 Å². The van der Waals surface area contributed by atoms with Gasteiger partial charge in [-0.2, -0.15) is 13.7 Å². The molecule has 0 fully saturated rings. The second-order valence-corrected chi connectivity index (χ2v) is 9.15. The molecular weight excluding hydrogens is 432 g/mol. The summed E-state index contributed by atoms with van der Waals surface area (Å²) in [5.74, 6) is -0.535. The molecule has 0 unspecified atom stereocenters. The number of hydrogen-bond acceptors (Lipinski definition) is 6. The number of aryl methyl sites for hydroxylation is 2. The lowest BCUT2D eigenvalue weighted by molar-refractivity contribution is 0.598. The molecule has 3 rings (SSSR count). The maximum atomic E-state index is 12.0. The molecule has 158 valence electrons. The molecule has 0 aliphatic carbocycles. The monoisotopic (exact) mass is 452 g/mol. The van der Waals surface area contributed by atoms with E-state index in [0.717, 1.165) is 16.8 Å². The average Bonchev–Trinajstić information content (AvgIpc) is 3.17. The van der Waals surface area contributed by atoms with Crippen molar-refractivity contribution in [3.63, 3.8) is 0 Å². The van der Waals surface area contributed by atoms with Crippen LogP contribution < -0.4 is 16.8 Å². The van der Waals surface area contributed by atoms with Crippen molar-refractivity contribution in [2.45, 2.75) is 18.7 Å². The Morgan fingerprint density at radius 2 is 1.90 bits per heavy atom. The quantitative estimate of drug-likeness (QED) is 0.295. The Morgan fingerprint density at radius 3 is 2.52 bits per heavy atom. The minimum Gasteiger partial charge on any atom is -0.369 e. The second kappa shape index (κ2) is 8.99. The zero-order valence-electron chi connectivity index (χ0n) is 16.8. The van der Waals surface area contributed by atoms with Gasteiger partial charge in [-0.3, -0.25) is 0 Å². The predicted molar refractivity (Wildman–Crippen MR) is 124 cm³/mol. The Bertz CT molecular complexity index is 1310. The molecular formula is C21H20N6O2S2. The summed E-state index contributed by atoms with van der Waals surface area (Å²) in [6.45, 7) is 4.06. The first kappa shape index (κ1) is 22.0. The molecule has 1 heterocycles. The van der Waals surface area contributed by atoms with Gasteiger partial charge in [0.2, 0.25) is 5.96 Å². The standard InChI is InChI=1S/C21H20N6O2S2/c1-13-3-8-18(14(2)9-13)19-12-30-20(26-19)15(10-22)11-25-16-4-6-17(7-5-16)31(28,29)27-21(23)24/h3-9,11-12,25H,1-2H3,(H4,23,24,27)/b15-11-. The van der Waals surface area contributed by atoms with Gasteiger partial charge in [-0.1, -0.05) is 23.8 Å². The normalized spacial score (nSPS) is 11.6. The largest absolute Gasteiger partial charge is 0.369 e. The highest BCUT2D eigenvalue weighted by molar-refractivity contribution is 7.90. The van der Waals surface area contributed by atoms with Crippen LogP contribution in [-0.2, 0) is 10.0 Å². The smallest absolute Gasteiger partial charge is 0.285 e. The SMILES string of the molecule is Cc1ccc(-c2csc(/C(C#N)=C\Nc3ccc(S(=O)(=O)N=C(N)N)cc3)n2)c(C)c1. The number of sulfonamides is 1. The van der Waals surface area contributed by atoms with E-state index in [-0.39, 0.29) is 4.90 Å². The van der Waals surface area contributed by atoms with E-state index in [0.29, 0.717) is 16.3 Å². The molecule has 0 spiro atoms. The molecule has 0 saturated carbocycles. The van der Waals surface area contributed by atoms with Crippen LogP contribution in [0.3, 0.4) is 0 Å². The topological polar surface area (TPSA) is 147 Å². The lowest BCUT2D eigenvalue weighted by Crippen LogP contribution is -2.24. The summed E-state index contributed by atoms with van der Waals surface area (Å²) in [6, 6.07) is 14.1. The number of hydrogen-bond donors (Lipinski definition) is 3. The van der Waals surface area contributed by atoms with Crippen molar-refractivity contribution in [2.24, 2.45) is 15.9 Å². The van der Waals surface area contributed by atoms with Crippen LogP contribution in [0, 0.1) is 25.2 Å². The highest BCUT2D eigenvalue weighted by atomic mass is 32.2. The maximum absolute atomic E-state index is 12.0. The molecule has 3 aromatic rings.